The van der Waals surface area contributed by atoms with Crippen LogP contribution in [0.1, 0.15) is 0 Å². The number of hydrogen-bond acceptors (Lipinski definition) is 3. The molecule has 3 heteroatoms. The zero-order valence-electron chi connectivity index (χ0n) is 31.4. The van der Waals surface area contributed by atoms with Crippen molar-refractivity contribution in [1.82, 2.24) is 0 Å². The Morgan fingerprint density at radius 3 is 0.719 bits per heavy atom. The van der Waals surface area contributed by atoms with Crippen molar-refractivity contribution in [1.29, 1.82) is 0 Å². The summed E-state index contributed by atoms with van der Waals surface area (Å²) in [6, 6.07) is 84.8. The first-order chi connectivity index (χ1) is 28.3. The molecule has 0 heterocycles. The number of hydrogen-bond donors (Lipinski definition) is 0. The monoisotopic (exact) mass is 729 g/mol. The maximum absolute atomic E-state index is 2.40. The van der Waals surface area contributed by atoms with Crippen molar-refractivity contribution < 1.29 is 0 Å². The molecule has 0 bridgehead atoms. The largest absolute Gasteiger partial charge is 0.310 e. The average Bonchev–Trinajstić information content (AvgIpc) is 3.29. The van der Waals surface area contributed by atoms with Gasteiger partial charge >= 0.3 is 0 Å². The molecule has 0 radical (unpaired) electrons. The summed E-state index contributed by atoms with van der Waals surface area (Å²) >= 11 is 0. The van der Waals surface area contributed by atoms with E-state index in [-0.39, 0.29) is 0 Å². The lowest BCUT2D eigenvalue weighted by Crippen LogP contribution is -2.16. The summed E-state index contributed by atoms with van der Waals surface area (Å²) in [5, 5.41) is 7.51. The van der Waals surface area contributed by atoms with Gasteiger partial charge in [-0.2, -0.15) is 0 Å². The highest BCUT2D eigenvalue weighted by molar-refractivity contribution is 6.25. The lowest BCUT2D eigenvalue weighted by atomic mass is 9.94. The minimum Gasteiger partial charge on any atom is -0.310 e. The van der Waals surface area contributed by atoms with Crippen LogP contribution < -0.4 is 14.7 Å². The molecule has 0 aliphatic rings. The van der Waals surface area contributed by atoms with Gasteiger partial charge in [0.25, 0.3) is 0 Å². The first-order valence-corrected chi connectivity index (χ1v) is 19.4. The molecule has 10 aromatic carbocycles. The molecule has 0 saturated heterocycles. The molecular weight excluding hydrogens is 691 g/mol. The van der Waals surface area contributed by atoms with Gasteiger partial charge in [-0.1, -0.05) is 146 Å². The van der Waals surface area contributed by atoms with Crippen molar-refractivity contribution in [3.8, 4) is 0 Å². The van der Waals surface area contributed by atoms with E-state index in [1.807, 2.05) is 0 Å². The smallest absolute Gasteiger partial charge is 0.0503 e. The van der Waals surface area contributed by atoms with Gasteiger partial charge in [-0.15, -0.1) is 0 Å². The molecule has 10 rings (SSSR count). The van der Waals surface area contributed by atoms with Crippen molar-refractivity contribution in [2.24, 2.45) is 0 Å². The van der Waals surface area contributed by atoms with Crippen molar-refractivity contribution in [3.05, 3.63) is 237 Å². The van der Waals surface area contributed by atoms with Crippen LogP contribution in [-0.2, 0) is 0 Å². The van der Waals surface area contributed by atoms with Crippen LogP contribution in [0.25, 0.3) is 32.3 Å². The van der Waals surface area contributed by atoms with Gasteiger partial charge in [-0.05, 0) is 123 Å². The van der Waals surface area contributed by atoms with Crippen LogP contribution in [0.3, 0.4) is 0 Å². The van der Waals surface area contributed by atoms with E-state index >= 15 is 0 Å². The van der Waals surface area contributed by atoms with Crippen LogP contribution in [-0.4, -0.2) is 0 Å². The molecule has 270 valence electrons. The third kappa shape index (κ3) is 6.41. The molecule has 0 amide bonds. The second-order valence-corrected chi connectivity index (χ2v) is 14.2. The Morgan fingerprint density at radius 2 is 0.404 bits per heavy atom. The number of nitrogens with zero attached hydrogens (tertiary/aromatic N) is 3. The SMILES string of the molecule is c1ccc(N(c2ccccc2)c2cc(N(c3ccccc3)c3ccccc3)cc(N(c3ccccc3)c3ccc4c5ccccc5c5ccccc5c4c3)c2)cc1. The predicted molar refractivity (Wildman–Crippen MR) is 243 cm³/mol. The molecule has 10 aromatic rings. The van der Waals surface area contributed by atoms with Crippen molar-refractivity contribution in [3.63, 3.8) is 0 Å². The first kappa shape index (κ1) is 33.9. The minimum atomic E-state index is 1.03. The number of anilines is 9. The zero-order valence-corrected chi connectivity index (χ0v) is 31.4. The van der Waals surface area contributed by atoms with Gasteiger partial charge in [-0.3, -0.25) is 0 Å². The second kappa shape index (κ2) is 14.9. The molecule has 0 atom stereocenters. The Morgan fingerprint density at radius 1 is 0.158 bits per heavy atom. The van der Waals surface area contributed by atoms with E-state index in [0.717, 1.165) is 51.2 Å². The zero-order chi connectivity index (χ0) is 38.0. The molecule has 0 fully saturated rings. The Balaban J connectivity index is 1.27. The molecule has 0 spiro atoms. The Kier molecular flexibility index (Phi) is 8.86. The summed E-state index contributed by atoms with van der Waals surface area (Å²) < 4.78 is 0. The highest BCUT2D eigenvalue weighted by Gasteiger charge is 2.22. The Labute approximate surface area is 333 Å². The minimum absolute atomic E-state index is 1.03. The fraction of sp³-hybridized carbons (Fsp3) is 0. The molecule has 0 saturated carbocycles. The summed E-state index contributed by atoms with van der Waals surface area (Å²) in [5.41, 5.74) is 9.57. The normalized spacial score (nSPS) is 11.2. The summed E-state index contributed by atoms with van der Waals surface area (Å²) in [6.45, 7) is 0. The molecular formula is C54H39N3. The molecule has 0 unspecified atom stereocenters. The standard InChI is InChI=1S/C54H39N3/c1-6-20-40(21-7-1)55(41-22-8-2-9-23-41)46-36-47(56(42-24-10-3-11-25-42)43-26-12-4-13-27-43)38-48(37-46)57(44-28-14-5-15-29-44)45-34-35-53-51-32-17-16-30-49(51)50-31-18-19-33-52(50)54(53)39-45/h1-39H. The van der Waals surface area contributed by atoms with Gasteiger partial charge < -0.3 is 14.7 Å². The van der Waals surface area contributed by atoms with E-state index in [9.17, 15) is 0 Å². The van der Waals surface area contributed by atoms with Crippen LogP contribution in [0.4, 0.5) is 51.2 Å². The van der Waals surface area contributed by atoms with Crippen LogP contribution in [0.5, 0.6) is 0 Å². The van der Waals surface area contributed by atoms with E-state index in [1.54, 1.807) is 0 Å². The van der Waals surface area contributed by atoms with Gasteiger partial charge in [-0.25, -0.2) is 0 Å². The van der Waals surface area contributed by atoms with Crippen LogP contribution in [0.15, 0.2) is 237 Å². The maximum atomic E-state index is 2.40. The molecule has 57 heavy (non-hydrogen) atoms. The van der Waals surface area contributed by atoms with E-state index < -0.39 is 0 Å². The van der Waals surface area contributed by atoms with Crippen molar-refractivity contribution in [2.45, 2.75) is 0 Å². The van der Waals surface area contributed by atoms with Crippen molar-refractivity contribution in [2.75, 3.05) is 14.7 Å². The highest BCUT2D eigenvalue weighted by atomic mass is 15.2. The van der Waals surface area contributed by atoms with Gasteiger partial charge in [0.05, 0.1) is 17.1 Å². The van der Waals surface area contributed by atoms with E-state index in [0.29, 0.717) is 0 Å². The van der Waals surface area contributed by atoms with E-state index in [1.165, 1.54) is 32.3 Å². The summed E-state index contributed by atoms with van der Waals surface area (Å²) in [4.78, 5) is 7.10. The highest BCUT2D eigenvalue weighted by Crippen LogP contribution is 2.47. The summed E-state index contributed by atoms with van der Waals surface area (Å²) in [6.07, 6.45) is 0. The number of para-hydroxylation sites is 5. The van der Waals surface area contributed by atoms with E-state index in [4.69, 9.17) is 0 Å². The summed E-state index contributed by atoms with van der Waals surface area (Å²) in [5.74, 6) is 0. The quantitative estimate of drug-likeness (QED) is 0.137. The van der Waals surface area contributed by atoms with Gasteiger partial charge in [0.1, 0.15) is 0 Å². The Hall–Kier alpha value is -7.62. The molecule has 0 aromatic heterocycles. The molecule has 0 N–H and O–H groups in total. The molecule has 3 nitrogen and oxygen atoms in total. The molecule has 0 aliphatic heterocycles. The average molecular weight is 730 g/mol. The maximum Gasteiger partial charge on any atom is 0.0503 e. The topological polar surface area (TPSA) is 9.72 Å². The lowest BCUT2D eigenvalue weighted by Gasteiger charge is -2.33. The van der Waals surface area contributed by atoms with Gasteiger partial charge in [0.15, 0.2) is 0 Å². The molecule has 0 aliphatic carbocycles. The summed E-state index contributed by atoms with van der Waals surface area (Å²) in [7, 11) is 0. The van der Waals surface area contributed by atoms with Crippen LogP contribution >= 0.6 is 0 Å². The van der Waals surface area contributed by atoms with Crippen LogP contribution in [0.2, 0.25) is 0 Å². The fourth-order valence-electron chi connectivity index (χ4n) is 8.23. The first-order valence-electron chi connectivity index (χ1n) is 19.4. The van der Waals surface area contributed by atoms with Gasteiger partial charge in [0.2, 0.25) is 0 Å². The number of fused-ring (bicyclic) bond motifs is 6. The number of rotatable bonds is 9. The fourth-order valence-corrected chi connectivity index (χ4v) is 8.23. The third-order valence-electron chi connectivity index (χ3n) is 10.7. The van der Waals surface area contributed by atoms with Gasteiger partial charge in [0, 0.05) is 34.1 Å². The predicted octanol–water partition coefficient (Wildman–Crippen LogP) is 15.6. The lowest BCUT2D eigenvalue weighted by molar-refractivity contribution is 1.22. The van der Waals surface area contributed by atoms with Crippen molar-refractivity contribution >= 4 is 83.5 Å². The Bertz CT molecular complexity index is 2740. The third-order valence-corrected chi connectivity index (χ3v) is 10.7. The van der Waals surface area contributed by atoms with Crippen LogP contribution in [0, 0.1) is 0 Å². The second-order valence-electron chi connectivity index (χ2n) is 14.2. The van der Waals surface area contributed by atoms with E-state index in [2.05, 4.69) is 251 Å². The number of benzene rings is 10.